The molecule has 0 atom stereocenters. The first kappa shape index (κ1) is 15.0. The Labute approximate surface area is 110 Å². The summed E-state index contributed by atoms with van der Waals surface area (Å²) in [5.41, 5.74) is 3.21. The van der Waals surface area contributed by atoms with Crippen molar-refractivity contribution < 1.29 is 23.0 Å². The lowest BCUT2D eigenvalue weighted by atomic mass is 10.3. The van der Waals surface area contributed by atoms with E-state index in [0.29, 0.717) is 6.42 Å². The molecule has 2 aromatic rings. The average Bonchev–Trinajstić information content (AvgIpc) is 2.67. The summed E-state index contributed by atoms with van der Waals surface area (Å²) in [5.74, 6) is -0.157. The second kappa shape index (κ2) is 6.24. The molecule has 0 aliphatic rings. The molecule has 0 aliphatic heterocycles. The molecule has 18 heavy (non-hydrogen) atoms. The molecule has 0 unspecified atom stereocenters. The molecule has 0 radical (unpaired) electrons. The topological polar surface area (TPSA) is 88.2 Å². The van der Waals surface area contributed by atoms with Crippen LogP contribution in [0.3, 0.4) is 0 Å². The van der Waals surface area contributed by atoms with E-state index in [4.69, 9.17) is 4.55 Å². The van der Waals surface area contributed by atoms with E-state index in [1.54, 1.807) is 11.3 Å². The molecule has 1 aromatic heterocycles. The highest BCUT2D eigenvalue weighted by Gasteiger charge is 2.11. The van der Waals surface area contributed by atoms with Crippen LogP contribution >= 0.6 is 11.3 Å². The van der Waals surface area contributed by atoms with Crippen LogP contribution in [0.2, 0.25) is 0 Å². The summed E-state index contributed by atoms with van der Waals surface area (Å²) < 4.78 is 33.1. The van der Waals surface area contributed by atoms with Crippen molar-refractivity contribution in [2.45, 2.75) is 19.4 Å². The van der Waals surface area contributed by atoms with Gasteiger partial charge in [-0.2, -0.15) is 13.0 Å². The zero-order valence-electron chi connectivity index (χ0n) is 9.69. The van der Waals surface area contributed by atoms with Gasteiger partial charge in [0.05, 0.1) is 5.75 Å². The third-order valence-electron chi connectivity index (χ3n) is 2.53. The Balaban J connectivity index is 0.00000162. The largest absolute Gasteiger partial charge is 0.870 e. The Morgan fingerprint density at radius 1 is 1.22 bits per heavy atom. The number of rotatable bonds is 5. The number of aromatic nitrogens is 1. The minimum atomic E-state index is -3.81. The van der Waals surface area contributed by atoms with Gasteiger partial charge in [0.25, 0.3) is 10.1 Å². The van der Waals surface area contributed by atoms with E-state index >= 15 is 0 Å². The number of unbranched alkanes of at least 4 members (excludes halogenated alkanes) is 1. The Kier molecular flexibility index (Phi) is 5.21. The molecule has 2 N–H and O–H groups in total. The summed E-state index contributed by atoms with van der Waals surface area (Å²) in [7, 11) is -3.81. The Morgan fingerprint density at radius 2 is 1.94 bits per heavy atom. The van der Waals surface area contributed by atoms with Gasteiger partial charge in [0.2, 0.25) is 11.0 Å². The van der Waals surface area contributed by atoms with Crippen LogP contribution in [-0.4, -0.2) is 24.2 Å². The molecular weight excluding hydrogens is 274 g/mol. The summed E-state index contributed by atoms with van der Waals surface area (Å²) in [5, 5.41) is 0. The molecule has 0 aliphatic carbocycles. The van der Waals surface area contributed by atoms with Crippen molar-refractivity contribution in [3.05, 3.63) is 29.8 Å². The van der Waals surface area contributed by atoms with Crippen LogP contribution in [0, 0.1) is 0 Å². The van der Waals surface area contributed by atoms with Crippen LogP contribution in [0.4, 0.5) is 0 Å². The summed E-state index contributed by atoms with van der Waals surface area (Å²) in [6.45, 7) is 0.777. The molecule has 0 saturated heterocycles. The standard InChI is InChI=1S/C11H13NO3S2.H2O/c13-17(14,15)8-4-3-7-12-9-16-11-6-2-1-5-10(11)12;/h1-2,5-6,9H,3-4,7-8H2;1H2. The minimum Gasteiger partial charge on any atom is -0.870 e. The van der Waals surface area contributed by atoms with E-state index in [2.05, 4.69) is 16.7 Å². The van der Waals surface area contributed by atoms with Crippen LogP contribution in [0.15, 0.2) is 29.8 Å². The normalized spacial score (nSPS) is 11.4. The van der Waals surface area contributed by atoms with Gasteiger partial charge < -0.3 is 5.48 Å². The summed E-state index contributed by atoms with van der Waals surface area (Å²) in [6.07, 6.45) is 1.22. The Bertz CT molecular complexity index is 606. The van der Waals surface area contributed by atoms with E-state index in [1.165, 1.54) is 10.2 Å². The van der Waals surface area contributed by atoms with Crippen LogP contribution < -0.4 is 4.57 Å². The SMILES string of the molecule is O=S(=O)(O)CCCC[n+]1csc2ccccc21.[OH-]. The molecule has 5 nitrogen and oxygen atoms in total. The van der Waals surface area contributed by atoms with E-state index in [1.807, 2.05) is 17.6 Å². The quantitative estimate of drug-likeness (QED) is 0.515. The van der Waals surface area contributed by atoms with Gasteiger partial charge in [0, 0.05) is 12.5 Å². The van der Waals surface area contributed by atoms with Gasteiger partial charge in [-0.25, -0.2) is 0 Å². The zero-order chi connectivity index (χ0) is 12.3. The number of aryl methyl sites for hydroxylation is 1. The monoisotopic (exact) mass is 289 g/mol. The third kappa shape index (κ3) is 4.02. The van der Waals surface area contributed by atoms with Gasteiger partial charge in [0.15, 0.2) is 0 Å². The fourth-order valence-electron chi connectivity index (χ4n) is 1.71. The smallest absolute Gasteiger partial charge is 0.264 e. The number of fused-ring (bicyclic) bond motifs is 1. The lowest BCUT2D eigenvalue weighted by Gasteiger charge is -1.96. The van der Waals surface area contributed by atoms with Gasteiger partial charge >= 0.3 is 0 Å². The molecule has 100 valence electrons. The van der Waals surface area contributed by atoms with Crippen molar-refractivity contribution in [3.8, 4) is 0 Å². The van der Waals surface area contributed by atoms with Crippen LogP contribution in [-0.2, 0) is 16.7 Å². The Hall–Kier alpha value is -1.02. The Morgan fingerprint density at radius 3 is 2.67 bits per heavy atom. The fraction of sp³-hybridized carbons (Fsp3) is 0.364. The maximum atomic E-state index is 10.6. The van der Waals surface area contributed by atoms with Crippen molar-refractivity contribution in [1.82, 2.24) is 0 Å². The second-order valence-electron chi connectivity index (χ2n) is 3.88. The number of benzene rings is 1. The van der Waals surface area contributed by atoms with Gasteiger partial charge in [0.1, 0.15) is 11.2 Å². The third-order valence-corrected chi connectivity index (χ3v) is 4.30. The summed E-state index contributed by atoms with van der Waals surface area (Å²) >= 11 is 1.67. The molecule has 0 spiro atoms. The molecule has 1 aromatic carbocycles. The maximum absolute atomic E-state index is 10.6. The number of nitrogens with zero attached hydrogens (tertiary/aromatic N) is 1. The summed E-state index contributed by atoms with van der Waals surface area (Å²) in [4.78, 5) is 0. The van der Waals surface area contributed by atoms with Crippen LogP contribution in [0.1, 0.15) is 12.8 Å². The molecule has 7 heteroatoms. The molecule has 0 fully saturated rings. The molecule has 0 saturated carbocycles. The van der Waals surface area contributed by atoms with Crippen molar-refractivity contribution in [3.63, 3.8) is 0 Å². The number of para-hydroxylation sites is 1. The zero-order valence-corrected chi connectivity index (χ0v) is 11.3. The van der Waals surface area contributed by atoms with Crippen molar-refractivity contribution in [2.24, 2.45) is 0 Å². The molecule has 0 bridgehead atoms. The first-order valence-corrected chi connectivity index (χ1v) is 7.86. The van der Waals surface area contributed by atoms with Gasteiger partial charge in [-0.05, 0) is 12.5 Å². The van der Waals surface area contributed by atoms with Crippen molar-refractivity contribution in [1.29, 1.82) is 0 Å². The molecule has 0 amide bonds. The first-order chi connectivity index (χ1) is 8.06. The predicted molar refractivity (Wildman–Crippen MR) is 69.6 cm³/mol. The van der Waals surface area contributed by atoms with E-state index in [0.717, 1.165) is 13.0 Å². The fourth-order valence-corrected chi connectivity index (χ4v) is 3.20. The molecule has 1 heterocycles. The van der Waals surface area contributed by atoms with Gasteiger partial charge in [-0.15, -0.1) is 0 Å². The average molecular weight is 289 g/mol. The minimum absolute atomic E-state index is 0. The lowest BCUT2D eigenvalue weighted by molar-refractivity contribution is -0.667. The van der Waals surface area contributed by atoms with Crippen molar-refractivity contribution >= 4 is 31.7 Å². The predicted octanol–water partition coefficient (Wildman–Crippen LogP) is 1.68. The molecular formula is C11H15NO4S2. The number of hydrogen-bond donors (Lipinski definition) is 1. The van der Waals surface area contributed by atoms with E-state index in [-0.39, 0.29) is 11.2 Å². The van der Waals surface area contributed by atoms with Crippen molar-refractivity contribution in [2.75, 3.05) is 5.75 Å². The van der Waals surface area contributed by atoms with Crippen LogP contribution in [0.25, 0.3) is 10.2 Å². The van der Waals surface area contributed by atoms with E-state index in [9.17, 15) is 8.42 Å². The number of thiazole rings is 1. The molecule has 2 rings (SSSR count). The maximum Gasteiger partial charge on any atom is 0.264 e. The second-order valence-corrected chi connectivity index (χ2v) is 6.34. The highest BCUT2D eigenvalue weighted by atomic mass is 32.2. The highest BCUT2D eigenvalue weighted by molar-refractivity contribution is 7.85. The first-order valence-electron chi connectivity index (χ1n) is 5.37. The van der Waals surface area contributed by atoms with Gasteiger partial charge in [-0.1, -0.05) is 23.5 Å². The van der Waals surface area contributed by atoms with E-state index < -0.39 is 10.1 Å². The lowest BCUT2D eigenvalue weighted by Crippen LogP contribution is -2.31. The summed E-state index contributed by atoms with van der Waals surface area (Å²) in [6, 6.07) is 8.11. The highest BCUT2D eigenvalue weighted by Crippen LogP contribution is 2.15. The number of hydrogen-bond acceptors (Lipinski definition) is 4. The van der Waals surface area contributed by atoms with Crippen LogP contribution in [0.5, 0.6) is 0 Å². The van der Waals surface area contributed by atoms with Gasteiger partial charge in [-0.3, -0.25) is 4.55 Å².